The molecule has 6 N–H and O–H groups in total. The molecule has 2 rings (SSSR count). The molecule has 1 aliphatic rings. The van der Waals surface area contributed by atoms with Crippen molar-refractivity contribution in [2.24, 2.45) is 5.73 Å². The molecular weight excluding hydrogens is 316 g/mol. The summed E-state index contributed by atoms with van der Waals surface area (Å²) in [5.41, 5.74) is 5.94. The van der Waals surface area contributed by atoms with E-state index in [-0.39, 0.29) is 18.7 Å². The number of rotatable bonds is 7. The zero-order valence-electron chi connectivity index (χ0n) is 13.2. The van der Waals surface area contributed by atoms with Crippen LogP contribution in [0, 0.1) is 0 Å². The Hall–Kier alpha value is -2.91. The SMILES string of the molecule is CC(NC(=O)C1CCC(=O)N1)C(=O)NC(Cc1cnc[nH]1)C(N)=O. The monoisotopic (exact) mass is 336 g/mol. The first-order chi connectivity index (χ1) is 11.4. The quantitative estimate of drug-likeness (QED) is 0.378. The summed E-state index contributed by atoms with van der Waals surface area (Å²) >= 11 is 0. The molecule has 3 atom stereocenters. The largest absolute Gasteiger partial charge is 0.368 e. The number of nitrogens with one attached hydrogen (secondary N) is 4. The first-order valence-corrected chi connectivity index (χ1v) is 7.53. The third-order valence-corrected chi connectivity index (χ3v) is 3.70. The van der Waals surface area contributed by atoms with E-state index in [9.17, 15) is 19.2 Å². The lowest BCUT2D eigenvalue weighted by molar-refractivity contribution is -0.131. The summed E-state index contributed by atoms with van der Waals surface area (Å²) in [6.45, 7) is 1.48. The Labute approximate surface area is 138 Å². The number of hydrogen-bond acceptors (Lipinski definition) is 5. The molecule has 1 aromatic heterocycles. The molecule has 10 heteroatoms. The van der Waals surface area contributed by atoms with Gasteiger partial charge < -0.3 is 26.7 Å². The summed E-state index contributed by atoms with van der Waals surface area (Å²) in [4.78, 5) is 53.4. The maximum absolute atomic E-state index is 12.2. The minimum atomic E-state index is -0.927. The number of aromatic amines is 1. The van der Waals surface area contributed by atoms with Crippen LogP contribution in [0.25, 0.3) is 0 Å². The molecule has 0 saturated carbocycles. The molecule has 2 heterocycles. The van der Waals surface area contributed by atoms with Gasteiger partial charge in [0.15, 0.2) is 0 Å². The highest BCUT2D eigenvalue weighted by molar-refractivity contribution is 5.95. The minimum Gasteiger partial charge on any atom is -0.368 e. The molecule has 1 aliphatic heterocycles. The molecule has 1 saturated heterocycles. The van der Waals surface area contributed by atoms with E-state index in [0.717, 1.165) is 0 Å². The lowest BCUT2D eigenvalue weighted by Crippen LogP contribution is -2.54. The summed E-state index contributed by atoms with van der Waals surface area (Å²) in [5.74, 6) is -1.87. The van der Waals surface area contributed by atoms with Gasteiger partial charge in [0.1, 0.15) is 18.1 Å². The van der Waals surface area contributed by atoms with Gasteiger partial charge in [-0.05, 0) is 13.3 Å². The van der Waals surface area contributed by atoms with Crippen LogP contribution in [0.2, 0.25) is 0 Å². The standard InChI is InChI=1S/C14H20N6O4/c1-7(18-14(24)9-2-3-11(21)19-9)13(23)20-10(12(15)22)4-8-5-16-6-17-8/h5-7,9-10H,2-4H2,1H3,(H2,15,22)(H,16,17)(H,18,24)(H,19,21)(H,20,23). The fourth-order valence-electron chi connectivity index (χ4n) is 2.33. The van der Waals surface area contributed by atoms with E-state index in [1.165, 1.54) is 19.4 Å². The van der Waals surface area contributed by atoms with Gasteiger partial charge in [0.25, 0.3) is 0 Å². The Balaban J connectivity index is 1.87. The van der Waals surface area contributed by atoms with E-state index >= 15 is 0 Å². The van der Waals surface area contributed by atoms with Crippen LogP contribution in [-0.4, -0.2) is 51.7 Å². The minimum absolute atomic E-state index is 0.167. The zero-order valence-corrected chi connectivity index (χ0v) is 13.2. The molecule has 130 valence electrons. The van der Waals surface area contributed by atoms with Gasteiger partial charge >= 0.3 is 0 Å². The van der Waals surface area contributed by atoms with Crippen LogP contribution in [-0.2, 0) is 25.6 Å². The van der Waals surface area contributed by atoms with E-state index in [1.807, 2.05) is 0 Å². The number of aromatic nitrogens is 2. The second-order valence-electron chi connectivity index (χ2n) is 5.63. The summed E-state index contributed by atoms with van der Waals surface area (Å²) in [5, 5.41) is 7.52. The van der Waals surface area contributed by atoms with Crippen molar-refractivity contribution in [3.8, 4) is 0 Å². The van der Waals surface area contributed by atoms with Crippen molar-refractivity contribution in [3.63, 3.8) is 0 Å². The third kappa shape index (κ3) is 4.54. The van der Waals surface area contributed by atoms with Gasteiger partial charge in [-0.25, -0.2) is 4.98 Å². The Morgan fingerprint density at radius 3 is 2.71 bits per heavy atom. The first-order valence-electron chi connectivity index (χ1n) is 7.53. The van der Waals surface area contributed by atoms with Crippen LogP contribution < -0.4 is 21.7 Å². The second-order valence-corrected chi connectivity index (χ2v) is 5.63. The summed E-state index contributed by atoms with van der Waals surface area (Å²) in [6.07, 6.45) is 3.82. The van der Waals surface area contributed by atoms with E-state index in [2.05, 4.69) is 25.9 Å². The predicted octanol–water partition coefficient (Wildman–Crippen LogP) is -2.29. The van der Waals surface area contributed by atoms with Crippen molar-refractivity contribution < 1.29 is 19.2 Å². The van der Waals surface area contributed by atoms with Crippen molar-refractivity contribution in [2.45, 2.75) is 44.3 Å². The molecule has 24 heavy (non-hydrogen) atoms. The van der Waals surface area contributed by atoms with Gasteiger partial charge in [0, 0.05) is 24.7 Å². The molecule has 0 spiro atoms. The number of amides is 4. The molecule has 3 unspecified atom stereocenters. The third-order valence-electron chi connectivity index (χ3n) is 3.70. The molecule has 1 fully saturated rings. The highest BCUT2D eigenvalue weighted by Crippen LogP contribution is 2.06. The number of hydrogen-bond donors (Lipinski definition) is 5. The molecule has 1 aromatic rings. The average molecular weight is 336 g/mol. The smallest absolute Gasteiger partial charge is 0.243 e. The second kappa shape index (κ2) is 7.57. The van der Waals surface area contributed by atoms with Crippen molar-refractivity contribution >= 4 is 23.6 Å². The molecular formula is C14H20N6O4. The van der Waals surface area contributed by atoms with Gasteiger partial charge in [-0.1, -0.05) is 0 Å². The Morgan fingerprint density at radius 1 is 1.42 bits per heavy atom. The van der Waals surface area contributed by atoms with Crippen LogP contribution in [0.15, 0.2) is 12.5 Å². The van der Waals surface area contributed by atoms with E-state index in [4.69, 9.17) is 5.73 Å². The Bertz CT molecular complexity index is 629. The predicted molar refractivity (Wildman–Crippen MR) is 82.2 cm³/mol. The van der Waals surface area contributed by atoms with Crippen molar-refractivity contribution in [2.75, 3.05) is 0 Å². The molecule has 4 amide bonds. The highest BCUT2D eigenvalue weighted by atomic mass is 16.2. The lowest BCUT2D eigenvalue weighted by atomic mass is 10.1. The van der Waals surface area contributed by atoms with Gasteiger partial charge in [-0.15, -0.1) is 0 Å². The number of carbonyl (C=O) groups excluding carboxylic acids is 4. The fourth-order valence-corrected chi connectivity index (χ4v) is 2.33. The van der Waals surface area contributed by atoms with Crippen LogP contribution in [0.5, 0.6) is 0 Å². The van der Waals surface area contributed by atoms with Crippen LogP contribution in [0.3, 0.4) is 0 Å². The summed E-state index contributed by atoms with van der Waals surface area (Å²) < 4.78 is 0. The maximum atomic E-state index is 12.2. The van der Waals surface area contributed by atoms with Gasteiger partial charge in [0.05, 0.1) is 6.33 Å². The summed E-state index contributed by atoms with van der Waals surface area (Å²) in [7, 11) is 0. The van der Waals surface area contributed by atoms with Gasteiger partial charge in [-0.3, -0.25) is 19.2 Å². The number of primary amides is 1. The average Bonchev–Trinajstić information content (AvgIpc) is 3.17. The zero-order chi connectivity index (χ0) is 17.7. The first kappa shape index (κ1) is 17.4. The van der Waals surface area contributed by atoms with E-state index in [1.54, 1.807) is 0 Å². The van der Waals surface area contributed by atoms with Crippen molar-refractivity contribution in [1.82, 2.24) is 25.9 Å². The highest BCUT2D eigenvalue weighted by Gasteiger charge is 2.30. The van der Waals surface area contributed by atoms with Crippen LogP contribution >= 0.6 is 0 Å². The topological polar surface area (TPSA) is 159 Å². The van der Waals surface area contributed by atoms with Crippen LogP contribution in [0.1, 0.15) is 25.5 Å². The van der Waals surface area contributed by atoms with Crippen molar-refractivity contribution in [1.29, 1.82) is 0 Å². The van der Waals surface area contributed by atoms with E-state index in [0.29, 0.717) is 12.1 Å². The molecule has 10 nitrogen and oxygen atoms in total. The molecule has 0 aliphatic carbocycles. The van der Waals surface area contributed by atoms with Gasteiger partial charge in [0.2, 0.25) is 23.6 Å². The van der Waals surface area contributed by atoms with Crippen molar-refractivity contribution in [3.05, 3.63) is 18.2 Å². The molecule has 0 radical (unpaired) electrons. The summed E-state index contributed by atoms with van der Waals surface area (Å²) in [6, 6.07) is -2.44. The molecule has 0 bridgehead atoms. The van der Waals surface area contributed by atoms with E-state index < -0.39 is 35.8 Å². The number of imidazole rings is 1. The number of nitrogens with two attached hydrogens (primary N) is 1. The Kier molecular flexibility index (Phi) is 5.51. The normalized spacial score (nSPS) is 19.2. The number of carbonyl (C=O) groups is 4. The van der Waals surface area contributed by atoms with Gasteiger partial charge in [-0.2, -0.15) is 0 Å². The maximum Gasteiger partial charge on any atom is 0.243 e. The number of nitrogens with zero attached hydrogens (tertiary/aromatic N) is 1. The Morgan fingerprint density at radius 2 is 2.17 bits per heavy atom. The number of H-pyrrole nitrogens is 1. The van der Waals surface area contributed by atoms with Crippen LogP contribution in [0.4, 0.5) is 0 Å². The fraction of sp³-hybridized carbons (Fsp3) is 0.500. The molecule has 0 aromatic carbocycles. The lowest BCUT2D eigenvalue weighted by Gasteiger charge is -2.20.